The van der Waals surface area contributed by atoms with E-state index in [1.54, 1.807) is 0 Å². The van der Waals surface area contributed by atoms with Crippen LogP contribution in [0.3, 0.4) is 0 Å². The van der Waals surface area contributed by atoms with Gasteiger partial charge in [0.2, 0.25) is 0 Å². The van der Waals surface area contributed by atoms with Crippen molar-refractivity contribution in [3.05, 3.63) is 0 Å². The largest absolute Gasteiger partial charge is 1.00 e. The van der Waals surface area contributed by atoms with E-state index in [2.05, 4.69) is 136 Å². The number of rotatable bonds is 16. The maximum Gasteiger partial charge on any atom is 1.00 e. The van der Waals surface area contributed by atoms with Gasteiger partial charge in [-0.3, -0.25) is 9.59 Å². The number of unbranched alkanes of at least 4 members (excludes halogenated alkanes) is 2. The number of hydrogen-bond acceptors (Lipinski definition) is 15. The van der Waals surface area contributed by atoms with Gasteiger partial charge in [-0.05, 0) is 24.7 Å². The molecule has 0 aliphatic carbocycles. The van der Waals surface area contributed by atoms with Crippen LogP contribution in [0.25, 0.3) is 0 Å². The third kappa shape index (κ3) is 63.6. The van der Waals surface area contributed by atoms with Crippen LogP contribution in [0, 0.1) is 11.8 Å². The molecule has 0 spiro atoms. The topological polar surface area (TPSA) is 214 Å². The minimum Gasteiger partial charge on any atom is -0.747 e. The summed E-state index contributed by atoms with van der Waals surface area (Å²) in [5, 5.41) is -2.06. The molecule has 268 valence electrons. The monoisotopic (exact) mass is 996 g/mol. The fourth-order valence-electron chi connectivity index (χ4n) is 2.81. The number of nitrogens with two attached hydrogens (primary N) is 4. The van der Waals surface area contributed by atoms with Gasteiger partial charge < -0.3 is 136 Å². The number of thiocarbonyl (C=S) groups is 4. The third-order valence-electron chi connectivity index (χ3n) is 4.99. The summed E-state index contributed by atoms with van der Waals surface area (Å²) in [5.41, 5.74) is 18.6. The fourth-order valence-corrected chi connectivity index (χ4v) is 3.46. The van der Waals surface area contributed by atoms with Crippen molar-refractivity contribution in [2.45, 2.75) is 90.7 Å². The number of esters is 2. The van der Waals surface area contributed by atoms with Crippen LogP contribution in [-0.4, -0.2) is 60.7 Å². The molecule has 3 unspecified atom stereocenters. The van der Waals surface area contributed by atoms with Crippen LogP contribution in [0.15, 0.2) is 0 Å². The van der Waals surface area contributed by atoms with Gasteiger partial charge in [-0.25, -0.2) is 8.42 Å². The smallest absolute Gasteiger partial charge is 0.747 e. The Labute approximate surface area is 356 Å². The summed E-state index contributed by atoms with van der Waals surface area (Å²) in [5.74, 6) is -1.74. The molecular formula is C24H45N4NaO7S9W-4. The molecule has 0 rings (SSSR count). The van der Waals surface area contributed by atoms with E-state index in [1.807, 2.05) is 13.8 Å². The van der Waals surface area contributed by atoms with Gasteiger partial charge in [0.15, 0.2) is 5.25 Å². The molecule has 0 aromatic carbocycles. The van der Waals surface area contributed by atoms with Gasteiger partial charge in [0.05, 0.1) is 19.6 Å². The summed E-state index contributed by atoms with van der Waals surface area (Å²) in [7, 11) is -5.01. The van der Waals surface area contributed by atoms with Crippen LogP contribution < -0.4 is 52.5 Å². The summed E-state index contributed by atoms with van der Waals surface area (Å²) >= 11 is 33.0. The van der Waals surface area contributed by atoms with Crippen LogP contribution in [0.1, 0.15) is 85.5 Å². The van der Waals surface area contributed by atoms with Crippen molar-refractivity contribution in [3.8, 4) is 0 Å². The molecule has 0 fully saturated rings. The van der Waals surface area contributed by atoms with Crippen molar-refractivity contribution >= 4 is 139 Å². The molecule has 22 heteroatoms. The van der Waals surface area contributed by atoms with E-state index in [0.717, 1.165) is 51.4 Å². The predicted molar refractivity (Wildman–Crippen MR) is 203 cm³/mol. The van der Waals surface area contributed by atoms with E-state index in [4.69, 9.17) is 9.47 Å². The second kappa shape index (κ2) is 42.1. The first-order chi connectivity index (χ1) is 20.1. The number of ether oxygens (including phenoxy) is 2. The Bertz CT molecular complexity index is 878. The zero-order valence-electron chi connectivity index (χ0n) is 26.8. The Morgan fingerprint density at radius 3 is 1.24 bits per heavy atom. The Morgan fingerprint density at radius 1 is 0.717 bits per heavy atom. The average Bonchev–Trinajstić information content (AvgIpc) is 2.85. The molecule has 11 nitrogen and oxygen atoms in total. The molecule has 0 saturated carbocycles. The summed E-state index contributed by atoms with van der Waals surface area (Å²) in [4.78, 5) is 24.1. The quantitative estimate of drug-likeness (QED) is 0.0524. The first kappa shape index (κ1) is 62.1. The van der Waals surface area contributed by atoms with Gasteiger partial charge in [-0.2, -0.15) is 0 Å². The zero-order valence-corrected chi connectivity index (χ0v) is 39.0. The molecule has 8 N–H and O–H groups in total. The minimum absolute atomic E-state index is 0. The van der Waals surface area contributed by atoms with Crippen molar-refractivity contribution in [2.75, 3.05) is 13.2 Å². The molecule has 0 aromatic heterocycles. The first-order valence-corrected chi connectivity index (χ1v) is 18.0. The van der Waals surface area contributed by atoms with Gasteiger partial charge in [0.1, 0.15) is 10.1 Å². The maximum absolute atomic E-state index is 12.1. The summed E-state index contributed by atoms with van der Waals surface area (Å²) in [6.07, 6.45) is 6.58. The minimum atomic E-state index is -5.01. The van der Waals surface area contributed by atoms with Crippen LogP contribution in [-0.2, 0) is 101 Å². The second-order valence-corrected chi connectivity index (χ2v) is 14.7. The van der Waals surface area contributed by atoms with Crippen molar-refractivity contribution in [2.24, 2.45) is 34.8 Å². The van der Waals surface area contributed by atoms with Crippen LogP contribution in [0.5, 0.6) is 0 Å². The Balaban J connectivity index is -0.000000139. The van der Waals surface area contributed by atoms with E-state index >= 15 is 0 Å². The first-order valence-electron chi connectivity index (χ1n) is 13.2. The van der Waals surface area contributed by atoms with Crippen molar-refractivity contribution in [1.29, 1.82) is 0 Å². The van der Waals surface area contributed by atoms with E-state index in [0.29, 0.717) is 0 Å². The number of hydrogen-bond donors (Lipinski definition) is 4. The summed E-state index contributed by atoms with van der Waals surface area (Å²) < 4.78 is 44.9. The van der Waals surface area contributed by atoms with E-state index in [-0.39, 0.29) is 93.0 Å². The van der Waals surface area contributed by atoms with Gasteiger partial charge in [0.25, 0.3) is 0 Å². The zero-order chi connectivity index (χ0) is 35.9. The van der Waals surface area contributed by atoms with Crippen molar-refractivity contribution in [3.63, 3.8) is 0 Å². The fraction of sp³-hybridized carbons (Fsp3) is 0.750. The Kier molecular flexibility index (Phi) is 56.9. The van der Waals surface area contributed by atoms with Gasteiger partial charge in [0, 0.05) is 21.1 Å². The van der Waals surface area contributed by atoms with Crippen LogP contribution >= 0.6 is 48.9 Å². The molecule has 0 amide bonds. The number of carbonyl (C=O) groups is 2. The van der Waals surface area contributed by atoms with Crippen molar-refractivity contribution in [1.82, 2.24) is 0 Å². The molecule has 0 aliphatic heterocycles. The van der Waals surface area contributed by atoms with Crippen LogP contribution in [0.4, 0.5) is 0 Å². The third-order valence-corrected chi connectivity index (χ3v) is 6.05. The van der Waals surface area contributed by atoms with E-state index in [9.17, 15) is 22.6 Å². The van der Waals surface area contributed by atoms with Crippen LogP contribution in [0.2, 0.25) is 0 Å². The SMILES string of the molecule is CCCCC(CC)COC(=O)CC(C(=O)OCC(CC)CCCC)S(=O)(=O)[O-].NC(=S)[S-].NC(=S)[S-].NC(=S)[S-].NC(=S)[S-].[Na+].[W]. The average molecular weight is 997 g/mol. The van der Waals surface area contributed by atoms with Gasteiger partial charge in [-0.1, -0.05) is 83.5 Å². The molecule has 46 heavy (non-hydrogen) atoms. The van der Waals surface area contributed by atoms with E-state index < -0.39 is 33.7 Å². The molecule has 0 aliphatic rings. The Morgan fingerprint density at radius 2 is 1.00 bits per heavy atom. The summed E-state index contributed by atoms with van der Waals surface area (Å²) in [6.45, 7) is 8.26. The normalized spacial score (nSPS) is 11.2. The molecule has 0 saturated heterocycles. The van der Waals surface area contributed by atoms with Gasteiger partial charge in [-0.15, -0.1) is 0 Å². The predicted octanol–water partition coefficient (Wildman–Crippen LogP) is -0.0814. The summed E-state index contributed by atoms with van der Waals surface area (Å²) in [6, 6.07) is 0. The second-order valence-electron chi connectivity index (χ2n) is 8.61. The molecule has 0 heterocycles. The number of carbonyl (C=O) groups excluding carboxylic acids is 2. The maximum atomic E-state index is 12.1. The molecule has 3 atom stereocenters. The van der Waals surface area contributed by atoms with Gasteiger partial charge >= 0.3 is 41.5 Å². The molecule has 0 aromatic rings. The molecular weight excluding hydrogens is 952 g/mol. The van der Waals surface area contributed by atoms with Crippen molar-refractivity contribution < 1.29 is 82.7 Å². The molecule has 0 radical (unpaired) electrons. The molecule has 0 bridgehead atoms. The standard InChI is InChI=1S/C20H38O7S.4CH3NS2.Na.W/c1-5-9-11-16(7-3)14-26-19(21)13-18(28(23,24)25)20(22)27-15-17(8-4)12-10-6-2;4*2-1(3)4;;/h16-18H,5-15H2,1-4H3,(H,23,24,25);4*(H3,2,3,4);;/q;;;;;+1;/p-5. The van der Waals surface area contributed by atoms with E-state index in [1.165, 1.54) is 0 Å². The Hall–Kier alpha value is 0.978.